The van der Waals surface area contributed by atoms with E-state index in [1.807, 2.05) is 37.3 Å². The molecule has 0 unspecified atom stereocenters. The minimum absolute atomic E-state index is 0.139. The van der Waals surface area contributed by atoms with E-state index in [0.29, 0.717) is 37.8 Å². The number of likely N-dealkylation sites (tertiary alicyclic amines) is 1. The predicted octanol–water partition coefficient (Wildman–Crippen LogP) is 4.37. The van der Waals surface area contributed by atoms with Crippen LogP contribution < -0.4 is 10.0 Å². The van der Waals surface area contributed by atoms with E-state index >= 15 is 0 Å². The SMILES string of the molecule is Cc1ccc(-c2cccc(C(=O)N3C[C@H]4CN5C(=O)[C@@H](CC(=O)OC(C)(C)C)CCCCC/C=C\[C@@H]6C[C@@]6(C(=O)NS(=O)(=O)C6CC6)NC(=O)[C@@H]5[C@H]4C3)n2)s1. The van der Waals surface area contributed by atoms with Crippen molar-refractivity contribution in [2.24, 2.45) is 23.7 Å². The van der Waals surface area contributed by atoms with E-state index in [0.717, 1.165) is 22.6 Å². The highest BCUT2D eigenvalue weighted by Crippen LogP contribution is 2.47. The molecule has 4 amide bonds. The topological polar surface area (TPSA) is 172 Å². The van der Waals surface area contributed by atoms with Gasteiger partial charge in [0.1, 0.15) is 22.9 Å². The van der Waals surface area contributed by atoms with Gasteiger partial charge in [0.25, 0.3) is 11.8 Å². The summed E-state index contributed by atoms with van der Waals surface area (Å²) in [5.41, 5.74) is -1.27. The first kappa shape index (κ1) is 39.1. The van der Waals surface area contributed by atoms with E-state index in [-0.39, 0.29) is 55.9 Å². The van der Waals surface area contributed by atoms with Crippen LogP contribution in [-0.4, -0.2) is 94.9 Å². The van der Waals surface area contributed by atoms with Crippen LogP contribution in [0.4, 0.5) is 0 Å². The smallest absolute Gasteiger partial charge is 0.307 e. The highest BCUT2D eigenvalue weighted by Gasteiger charge is 2.63. The van der Waals surface area contributed by atoms with Crippen molar-refractivity contribution >= 4 is 51.0 Å². The molecule has 0 bridgehead atoms. The summed E-state index contributed by atoms with van der Waals surface area (Å²) < 4.78 is 33.7. The Balaban J connectivity index is 1.18. The molecule has 2 aliphatic carbocycles. The number of nitrogens with zero attached hydrogens (tertiary/aromatic N) is 3. The van der Waals surface area contributed by atoms with Crippen LogP contribution in [0.1, 0.15) is 93.9 Å². The quantitative estimate of drug-likeness (QED) is 0.305. The predicted molar refractivity (Wildman–Crippen MR) is 206 cm³/mol. The van der Waals surface area contributed by atoms with Crippen molar-refractivity contribution in [3.8, 4) is 10.6 Å². The summed E-state index contributed by atoms with van der Waals surface area (Å²) in [6, 6.07) is 8.25. The molecule has 13 nitrogen and oxygen atoms in total. The molecule has 296 valence electrons. The zero-order valence-corrected chi connectivity index (χ0v) is 33.5. The molecule has 2 saturated carbocycles. The van der Waals surface area contributed by atoms with E-state index in [9.17, 15) is 32.4 Å². The molecule has 15 heteroatoms. The molecule has 5 aliphatic rings. The number of aromatic nitrogens is 1. The highest BCUT2D eigenvalue weighted by molar-refractivity contribution is 7.91. The van der Waals surface area contributed by atoms with Crippen molar-refractivity contribution < 1.29 is 37.1 Å². The van der Waals surface area contributed by atoms with Crippen LogP contribution in [0.3, 0.4) is 0 Å². The van der Waals surface area contributed by atoms with Crippen molar-refractivity contribution in [3.05, 3.63) is 53.1 Å². The first-order valence-electron chi connectivity index (χ1n) is 19.4. The van der Waals surface area contributed by atoms with Crippen LogP contribution in [-0.2, 0) is 33.9 Å². The molecule has 0 spiro atoms. The second-order valence-corrected chi connectivity index (χ2v) is 20.1. The standard InChI is InChI=1S/C40H51N5O8S2/c1-24-15-18-32(54-24)30-13-10-14-31(41-30)37(49)44-21-26-22-45-34(29(26)23-44)35(47)42-40(38(50)43-55(51,52)28-16-17-28)20-27(40)12-9-7-5-6-8-11-25(36(45)48)19-33(46)53-39(2,3)4/h9-10,12-15,18,25-29,34H,5-8,11,16-17,19-23H2,1-4H3,(H,42,47)(H,43,50)/b12-9-/t25-,26+,27-,29+,34+,40-/m1/s1. The number of thiophene rings is 1. The third kappa shape index (κ3) is 8.52. The van der Waals surface area contributed by atoms with Crippen LogP contribution in [0.5, 0.6) is 0 Å². The number of nitrogens with one attached hydrogen (secondary N) is 2. The Morgan fingerprint density at radius 3 is 2.53 bits per heavy atom. The van der Waals surface area contributed by atoms with Gasteiger partial charge in [-0.25, -0.2) is 13.4 Å². The molecule has 3 aliphatic heterocycles. The number of fused-ring (bicyclic) bond motifs is 4. The summed E-state index contributed by atoms with van der Waals surface area (Å²) in [4.78, 5) is 80.2. The number of hydrogen-bond donors (Lipinski definition) is 2. The third-order valence-electron chi connectivity index (χ3n) is 11.4. The van der Waals surface area contributed by atoms with E-state index in [2.05, 4.69) is 15.0 Å². The van der Waals surface area contributed by atoms with E-state index in [1.54, 1.807) is 54.0 Å². The monoisotopic (exact) mass is 793 g/mol. The zero-order chi connectivity index (χ0) is 39.3. The average molecular weight is 794 g/mol. The molecular weight excluding hydrogens is 743 g/mol. The minimum atomic E-state index is -3.90. The van der Waals surface area contributed by atoms with Crippen molar-refractivity contribution in [2.45, 2.75) is 108 Å². The summed E-state index contributed by atoms with van der Waals surface area (Å²) in [7, 11) is -3.90. The number of carbonyl (C=O) groups is 5. The van der Waals surface area contributed by atoms with Crippen LogP contribution in [0.25, 0.3) is 10.6 Å². The lowest BCUT2D eigenvalue weighted by Crippen LogP contribution is -2.58. The van der Waals surface area contributed by atoms with Gasteiger partial charge in [0.15, 0.2) is 0 Å². The molecule has 6 atom stereocenters. The Kier molecular flexibility index (Phi) is 10.7. The molecule has 2 saturated heterocycles. The van der Waals surface area contributed by atoms with Gasteiger partial charge < -0.3 is 19.9 Å². The van der Waals surface area contributed by atoms with Gasteiger partial charge in [-0.2, -0.15) is 0 Å². The lowest BCUT2D eigenvalue weighted by molar-refractivity contribution is -0.159. The number of sulfonamides is 1. The Labute approximate surface area is 326 Å². The summed E-state index contributed by atoms with van der Waals surface area (Å²) in [6.45, 7) is 7.96. The maximum absolute atomic E-state index is 14.7. The Hall–Kier alpha value is -4.11. The Morgan fingerprint density at radius 1 is 1.04 bits per heavy atom. The van der Waals surface area contributed by atoms with Crippen LogP contribution in [0.15, 0.2) is 42.5 Å². The Bertz CT molecular complexity index is 2000. The summed E-state index contributed by atoms with van der Waals surface area (Å²) in [5, 5.41) is 2.32. The van der Waals surface area contributed by atoms with Gasteiger partial charge >= 0.3 is 5.97 Å². The molecule has 2 N–H and O–H groups in total. The van der Waals surface area contributed by atoms with Gasteiger partial charge in [-0.05, 0) is 90.5 Å². The molecule has 2 aromatic rings. The van der Waals surface area contributed by atoms with E-state index in [1.165, 1.54) is 0 Å². The lowest BCUT2D eigenvalue weighted by atomic mass is 9.92. The molecule has 0 aromatic carbocycles. The molecule has 5 heterocycles. The number of rotatable bonds is 7. The van der Waals surface area contributed by atoms with Gasteiger partial charge in [-0.15, -0.1) is 11.3 Å². The first-order chi connectivity index (χ1) is 26.0. The summed E-state index contributed by atoms with van der Waals surface area (Å²) in [6.07, 6.45) is 8.33. The number of hydrogen-bond acceptors (Lipinski definition) is 10. The van der Waals surface area contributed by atoms with Gasteiger partial charge in [-0.3, -0.25) is 28.7 Å². The largest absolute Gasteiger partial charge is 0.460 e. The maximum Gasteiger partial charge on any atom is 0.307 e. The van der Waals surface area contributed by atoms with Crippen LogP contribution in [0, 0.1) is 30.6 Å². The molecule has 7 rings (SSSR count). The highest BCUT2D eigenvalue weighted by atomic mass is 32.2. The van der Waals surface area contributed by atoms with Gasteiger partial charge in [0, 0.05) is 48.2 Å². The van der Waals surface area contributed by atoms with E-state index in [4.69, 9.17) is 4.74 Å². The fourth-order valence-corrected chi connectivity index (χ4v) is 10.6. The van der Waals surface area contributed by atoms with Crippen LogP contribution >= 0.6 is 11.3 Å². The molecule has 2 aromatic heterocycles. The minimum Gasteiger partial charge on any atom is -0.460 e. The van der Waals surface area contributed by atoms with Crippen LogP contribution in [0.2, 0.25) is 0 Å². The van der Waals surface area contributed by atoms with Crippen molar-refractivity contribution in [3.63, 3.8) is 0 Å². The average Bonchev–Trinajstić information content (AvgIpc) is 3.96. The molecular formula is C40H51N5O8S2. The first-order valence-corrected chi connectivity index (χ1v) is 21.8. The number of amides is 4. The Morgan fingerprint density at radius 2 is 1.82 bits per heavy atom. The second-order valence-electron chi connectivity index (χ2n) is 16.9. The number of carbonyl (C=O) groups excluding carboxylic acids is 5. The number of aryl methyl sites for hydroxylation is 1. The second kappa shape index (κ2) is 15.1. The van der Waals surface area contributed by atoms with Crippen molar-refractivity contribution in [1.82, 2.24) is 24.8 Å². The van der Waals surface area contributed by atoms with Gasteiger partial charge in [-0.1, -0.05) is 31.1 Å². The summed E-state index contributed by atoms with van der Waals surface area (Å²) in [5.74, 6) is -4.37. The fourth-order valence-electron chi connectivity index (χ4n) is 8.38. The number of allylic oxidation sites excluding steroid dienone is 1. The maximum atomic E-state index is 14.7. The van der Waals surface area contributed by atoms with Crippen molar-refractivity contribution in [1.29, 1.82) is 0 Å². The van der Waals surface area contributed by atoms with E-state index < -0.39 is 68.0 Å². The third-order valence-corrected chi connectivity index (χ3v) is 14.2. The number of ether oxygens (including phenoxy) is 1. The molecule has 0 radical (unpaired) electrons. The number of pyridine rings is 1. The van der Waals surface area contributed by atoms with Gasteiger partial charge in [0.2, 0.25) is 21.8 Å². The van der Waals surface area contributed by atoms with Gasteiger partial charge in [0.05, 0.1) is 22.2 Å². The summed E-state index contributed by atoms with van der Waals surface area (Å²) >= 11 is 1.59. The normalized spacial score (nSPS) is 29.2. The number of esters is 1. The van der Waals surface area contributed by atoms with Crippen molar-refractivity contribution in [2.75, 3.05) is 19.6 Å². The fraction of sp³-hybridized carbons (Fsp3) is 0.600. The molecule has 4 fully saturated rings. The lowest BCUT2D eigenvalue weighted by Gasteiger charge is -2.33. The zero-order valence-electron chi connectivity index (χ0n) is 31.9. The molecule has 55 heavy (non-hydrogen) atoms.